The highest BCUT2D eigenvalue weighted by Crippen LogP contribution is 2.18. The number of methoxy groups -OCH3 is 1. The summed E-state index contributed by atoms with van der Waals surface area (Å²) >= 11 is 0. The molecule has 0 saturated carbocycles. The van der Waals surface area contributed by atoms with E-state index in [0.29, 0.717) is 0 Å². The van der Waals surface area contributed by atoms with E-state index in [0.717, 1.165) is 4.90 Å². The summed E-state index contributed by atoms with van der Waals surface area (Å²) in [6.07, 6.45) is -1.64. The van der Waals surface area contributed by atoms with Crippen molar-refractivity contribution in [3.05, 3.63) is 0 Å². The van der Waals surface area contributed by atoms with E-state index < -0.39 is 30.2 Å². The molecule has 9 heteroatoms. The Morgan fingerprint density at radius 1 is 1.14 bits per heavy atom. The van der Waals surface area contributed by atoms with Crippen LogP contribution in [0, 0.1) is 5.41 Å². The number of rotatable bonds is 9. The van der Waals surface area contributed by atoms with Gasteiger partial charge >= 0.3 is 18.2 Å². The van der Waals surface area contributed by atoms with Crippen LogP contribution in [0.2, 0.25) is 0 Å². The van der Waals surface area contributed by atoms with Gasteiger partial charge < -0.3 is 24.1 Å². The van der Waals surface area contributed by atoms with Crippen LogP contribution in [0.15, 0.2) is 0 Å². The summed E-state index contributed by atoms with van der Waals surface area (Å²) in [4.78, 5) is 34.8. The normalized spacial score (nSPS) is 10.7. The minimum atomic E-state index is -1.18. The second-order valence-electron chi connectivity index (χ2n) is 5.20. The number of carboxylic acids is 1. The second-order valence-corrected chi connectivity index (χ2v) is 5.20. The summed E-state index contributed by atoms with van der Waals surface area (Å²) in [5.41, 5.74) is -0.686. The van der Waals surface area contributed by atoms with E-state index in [-0.39, 0.29) is 26.6 Å². The lowest BCUT2D eigenvalue weighted by Crippen LogP contribution is -2.44. The Hall–Kier alpha value is -2.03. The van der Waals surface area contributed by atoms with Crippen LogP contribution in [-0.4, -0.2) is 68.4 Å². The van der Waals surface area contributed by atoms with Crippen LogP contribution < -0.4 is 0 Å². The Morgan fingerprint density at radius 2 is 1.77 bits per heavy atom. The molecule has 0 bridgehead atoms. The topological polar surface area (TPSA) is 112 Å². The first-order valence-electron chi connectivity index (χ1n) is 6.64. The van der Waals surface area contributed by atoms with Crippen molar-refractivity contribution in [1.82, 2.24) is 4.90 Å². The first-order valence-corrected chi connectivity index (χ1v) is 6.64. The van der Waals surface area contributed by atoms with Crippen molar-refractivity contribution in [3.63, 3.8) is 0 Å². The third-order valence-electron chi connectivity index (χ3n) is 2.35. The van der Waals surface area contributed by atoms with Gasteiger partial charge in [-0.05, 0) is 6.92 Å². The predicted molar refractivity (Wildman–Crippen MR) is 74.3 cm³/mol. The van der Waals surface area contributed by atoms with E-state index in [1.54, 1.807) is 20.8 Å². The van der Waals surface area contributed by atoms with Crippen molar-refractivity contribution in [3.8, 4) is 0 Å². The minimum Gasteiger partial charge on any atom is -0.480 e. The van der Waals surface area contributed by atoms with Gasteiger partial charge in [0.2, 0.25) is 0 Å². The minimum absolute atomic E-state index is 0.0151. The number of hydrogen-bond donors (Lipinski definition) is 1. The standard InChI is InChI=1S/C13H23NO8/c1-5-20-12(18)21-8-13(2,3)7-14(6-10(15)16)11(17)22-9-19-4/h5-9H2,1-4H3,(H,15,16). The molecule has 9 nitrogen and oxygen atoms in total. The summed E-state index contributed by atoms with van der Waals surface area (Å²) in [5, 5.41) is 8.86. The monoisotopic (exact) mass is 321 g/mol. The zero-order valence-corrected chi connectivity index (χ0v) is 13.3. The molecule has 0 atom stereocenters. The lowest BCUT2D eigenvalue weighted by molar-refractivity contribution is -0.138. The highest BCUT2D eigenvalue weighted by Gasteiger charge is 2.29. The third-order valence-corrected chi connectivity index (χ3v) is 2.35. The highest BCUT2D eigenvalue weighted by atomic mass is 16.7. The van der Waals surface area contributed by atoms with Crippen molar-refractivity contribution in [1.29, 1.82) is 0 Å². The number of carbonyl (C=O) groups is 3. The third kappa shape index (κ3) is 9.01. The molecule has 0 saturated heterocycles. The van der Waals surface area contributed by atoms with Crippen LogP contribution >= 0.6 is 0 Å². The van der Waals surface area contributed by atoms with Crippen LogP contribution in [0.25, 0.3) is 0 Å². The van der Waals surface area contributed by atoms with Gasteiger partial charge in [0.1, 0.15) is 13.2 Å². The fraction of sp³-hybridized carbons (Fsp3) is 0.769. The summed E-state index contributed by atoms with van der Waals surface area (Å²) in [7, 11) is 1.34. The number of amides is 1. The number of hydrogen-bond acceptors (Lipinski definition) is 7. The predicted octanol–water partition coefficient (Wildman–Crippen LogP) is 1.31. The first kappa shape index (κ1) is 20.0. The van der Waals surface area contributed by atoms with Crippen LogP contribution in [0.4, 0.5) is 9.59 Å². The molecule has 1 N–H and O–H groups in total. The molecule has 0 unspecified atom stereocenters. The number of carboxylic acid groups (broad SMARTS) is 1. The molecule has 0 aliphatic rings. The number of aliphatic carboxylic acids is 1. The molecule has 1 amide bonds. The molecule has 0 aromatic carbocycles. The SMILES string of the molecule is CCOC(=O)OCC(C)(C)CN(CC(=O)O)C(=O)OCOC. The van der Waals surface area contributed by atoms with Crippen molar-refractivity contribution >= 4 is 18.2 Å². The van der Waals surface area contributed by atoms with Crippen molar-refractivity contribution < 1.29 is 38.4 Å². The van der Waals surface area contributed by atoms with Gasteiger partial charge in [-0.15, -0.1) is 0 Å². The largest absolute Gasteiger partial charge is 0.508 e. The summed E-state index contributed by atoms with van der Waals surface area (Å²) in [6, 6.07) is 0. The zero-order chi connectivity index (χ0) is 17.2. The maximum atomic E-state index is 11.8. The molecular weight excluding hydrogens is 298 g/mol. The van der Waals surface area contributed by atoms with E-state index in [4.69, 9.17) is 14.6 Å². The second kappa shape index (κ2) is 9.82. The van der Waals surface area contributed by atoms with Gasteiger partial charge in [0.15, 0.2) is 6.79 Å². The van der Waals surface area contributed by atoms with Gasteiger partial charge in [0, 0.05) is 19.1 Å². The van der Waals surface area contributed by atoms with E-state index in [1.807, 2.05) is 0 Å². The molecule has 0 aliphatic carbocycles. The number of ether oxygens (including phenoxy) is 4. The van der Waals surface area contributed by atoms with Crippen LogP contribution in [0.5, 0.6) is 0 Å². The van der Waals surface area contributed by atoms with Crippen LogP contribution in [0.3, 0.4) is 0 Å². The molecular formula is C13H23NO8. The van der Waals surface area contributed by atoms with Gasteiger partial charge in [0.05, 0.1) is 6.61 Å². The van der Waals surface area contributed by atoms with Gasteiger partial charge in [-0.25, -0.2) is 9.59 Å². The van der Waals surface area contributed by atoms with E-state index >= 15 is 0 Å². The van der Waals surface area contributed by atoms with E-state index in [2.05, 4.69) is 9.47 Å². The molecule has 0 rings (SSSR count). The Balaban J connectivity index is 4.62. The van der Waals surface area contributed by atoms with Crippen LogP contribution in [-0.2, 0) is 23.7 Å². The quantitative estimate of drug-likeness (QED) is 0.500. The fourth-order valence-electron chi connectivity index (χ4n) is 1.53. The fourth-order valence-corrected chi connectivity index (χ4v) is 1.53. The number of carbonyl (C=O) groups excluding carboxylic acids is 2. The van der Waals surface area contributed by atoms with E-state index in [1.165, 1.54) is 7.11 Å². The Bertz CT molecular complexity index is 382. The van der Waals surface area contributed by atoms with Gasteiger partial charge in [-0.1, -0.05) is 13.8 Å². The maximum Gasteiger partial charge on any atom is 0.508 e. The summed E-state index contributed by atoms with van der Waals surface area (Å²) in [5.74, 6) is -1.18. The average molecular weight is 321 g/mol. The lowest BCUT2D eigenvalue weighted by Gasteiger charge is -2.30. The van der Waals surface area contributed by atoms with Crippen molar-refractivity contribution in [2.24, 2.45) is 5.41 Å². The van der Waals surface area contributed by atoms with E-state index in [9.17, 15) is 14.4 Å². The molecule has 0 aromatic rings. The molecule has 0 spiro atoms. The molecule has 128 valence electrons. The van der Waals surface area contributed by atoms with Crippen LogP contribution in [0.1, 0.15) is 20.8 Å². The summed E-state index contributed by atoms with van der Waals surface area (Å²) < 4.78 is 18.9. The summed E-state index contributed by atoms with van der Waals surface area (Å²) in [6.45, 7) is 4.41. The zero-order valence-electron chi connectivity index (χ0n) is 13.3. The Labute approximate surface area is 129 Å². The van der Waals surface area contributed by atoms with Gasteiger partial charge in [-0.3, -0.25) is 9.69 Å². The average Bonchev–Trinajstić information content (AvgIpc) is 2.41. The molecule has 0 heterocycles. The van der Waals surface area contributed by atoms with Crippen molar-refractivity contribution in [2.45, 2.75) is 20.8 Å². The molecule has 0 fully saturated rings. The molecule has 0 aliphatic heterocycles. The van der Waals surface area contributed by atoms with Gasteiger partial charge in [-0.2, -0.15) is 0 Å². The van der Waals surface area contributed by atoms with Gasteiger partial charge in [0.25, 0.3) is 0 Å². The van der Waals surface area contributed by atoms with Crippen molar-refractivity contribution in [2.75, 3.05) is 40.2 Å². The Morgan fingerprint density at radius 3 is 2.27 bits per heavy atom. The highest BCUT2D eigenvalue weighted by molar-refractivity contribution is 5.76. The first-order chi connectivity index (χ1) is 10.2. The number of nitrogens with zero attached hydrogens (tertiary/aromatic N) is 1. The molecule has 0 aromatic heterocycles. The molecule has 22 heavy (non-hydrogen) atoms. The molecule has 0 radical (unpaired) electrons. The lowest BCUT2D eigenvalue weighted by atomic mass is 9.94. The maximum absolute atomic E-state index is 11.8. The Kier molecular flexibility index (Phi) is 8.92. The smallest absolute Gasteiger partial charge is 0.480 e.